The molecular formula is C25H16F5N3O. The summed E-state index contributed by atoms with van der Waals surface area (Å²) in [5.41, 5.74) is 1.37. The van der Waals surface area contributed by atoms with Crippen molar-refractivity contribution < 1.29 is 22.0 Å². The number of benzene rings is 3. The van der Waals surface area contributed by atoms with Gasteiger partial charge in [0.25, 0.3) is 5.56 Å². The van der Waals surface area contributed by atoms with Crippen molar-refractivity contribution in [1.82, 2.24) is 14.6 Å². The number of rotatable bonds is 3. The predicted octanol–water partition coefficient (Wildman–Crippen LogP) is 6.37. The first kappa shape index (κ1) is 21.8. The third kappa shape index (κ3) is 3.53. The Morgan fingerprint density at radius 1 is 0.941 bits per heavy atom. The van der Waals surface area contributed by atoms with E-state index in [0.29, 0.717) is 34.3 Å². The fraction of sp³-hybridized carbons (Fsp3) is 0.120. The second-order valence-corrected chi connectivity index (χ2v) is 7.83. The number of alkyl halides is 3. The summed E-state index contributed by atoms with van der Waals surface area (Å²) < 4.78 is 68.0. The number of hydrogen-bond acceptors (Lipinski definition) is 2. The molecule has 0 saturated carbocycles. The molecule has 0 fully saturated rings. The topological polar surface area (TPSA) is 50.2 Å². The predicted molar refractivity (Wildman–Crippen MR) is 118 cm³/mol. The summed E-state index contributed by atoms with van der Waals surface area (Å²) in [6, 6.07) is 12.6. The fourth-order valence-electron chi connectivity index (χ4n) is 4.05. The third-order valence-corrected chi connectivity index (χ3v) is 5.74. The van der Waals surface area contributed by atoms with Crippen molar-refractivity contribution in [3.8, 4) is 22.3 Å². The average Bonchev–Trinajstić information content (AvgIpc) is 3.17. The molecule has 0 saturated heterocycles. The van der Waals surface area contributed by atoms with Crippen molar-refractivity contribution in [2.24, 2.45) is 0 Å². The van der Waals surface area contributed by atoms with E-state index in [1.54, 1.807) is 18.2 Å². The van der Waals surface area contributed by atoms with Gasteiger partial charge in [-0.05, 0) is 53.9 Å². The van der Waals surface area contributed by atoms with Crippen LogP contribution in [0.4, 0.5) is 22.0 Å². The van der Waals surface area contributed by atoms with Crippen LogP contribution in [0.2, 0.25) is 0 Å². The molecular weight excluding hydrogens is 453 g/mol. The molecule has 0 radical (unpaired) electrons. The van der Waals surface area contributed by atoms with Gasteiger partial charge in [-0.15, -0.1) is 0 Å². The summed E-state index contributed by atoms with van der Waals surface area (Å²) in [5, 5.41) is 3.24. The van der Waals surface area contributed by atoms with Gasteiger partial charge in [-0.2, -0.15) is 13.2 Å². The second-order valence-electron chi connectivity index (χ2n) is 7.83. The number of H-pyrrole nitrogens is 1. The normalized spacial score (nSPS) is 12.1. The highest BCUT2D eigenvalue weighted by Crippen LogP contribution is 2.33. The molecule has 5 aromatic rings. The number of nitrogens with zero attached hydrogens (tertiary/aromatic N) is 2. The zero-order valence-electron chi connectivity index (χ0n) is 17.7. The Hall–Kier alpha value is -4.01. The molecule has 0 aliphatic heterocycles. The molecule has 4 nitrogen and oxygen atoms in total. The minimum absolute atomic E-state index is 0.0992. The van der Waals surface area contributed by atoms with E-state index in [1.165, 1.54) is 22.7 Å². The van der Waals surface area contributed by atoms with Gasteiger partial charge < -0.3 is 0 Å². The Morgan fingerprint density at radius 2 is 1.65 bits per heavy atom. The lowest BCUT2D eigenvalue weighted by molar-refractivity contribution is -0.137. The Kier molecular flexibility index (Phi) is 5.00. The van der Waals surface area contributed by atoms with Crippen LogP contribution in [0.1, 0.15) is 18.2 Å². The van der Waals surface area contributed by atoms with E-state index in [2.05, 4.69) is 10.1 Å². The molecule has 0 atom stereocenters. The number of aromatic amines is 1. The van der Waals surface area contributed by atoms with Crippen LogP contribution < -0.4 is 5.56 Å². The van der Waals surface area contributed by atoms with Gasteiger partial charge in [-0.1, -0.05) is 25.1 Å². The Morgan fingerprint density at radius 3 is 2.29 bits per heavy atom. The minimum Gasteiger partial charge on any atom is -0.293 e. The fourth-order valence-corrected chi connectivity index (χ4v) is 4.05. The van der Waals surface area contributed by atoms with Gasteiger partial charge in [0, 0.05) is 17.3 Å². The Bertz CT molecular complexity index is 1620. The van der Waals surface area contributed by atoms with Crippen LogP contribution in [0.3, 0.4) is 0 Å². The highest BCUT2D eigenvalue weighted by Gasteiger charge is 2.30. The molecule has 0 aliphatic carbocycles. The minimum atomic E-state index is -4.44. The van der Waals surface area contributed by atoms with Gasteiger partial charge >= 0.3 is 6.18 Å². The van der Waals surface area contributed by atoms with Crippen LogP contribution in [0.15, 0.2) is 65.5 Å². The molecule has 0 amide bonds. The van der Waals surface area contributed by atoms with Gasteiger partial charge in [-0.3, -0.25) is 9.89 Å². The first-order valence-electron chi connectivity index (χ1n) is 10.4. The summed E-state index contributed by atoms with van der Waals surface area (Å²) >= 11 is 0. The molecule has 1 N–H and O–H groups in total. The first-order valence-corrected chi connectivity index (χ1v) is 10.4. The van der Waals surface area contributed by atoms with Crippen LogP contribution >= 0.6 is 0 Å². The van der Waals surface area contributed by atoms with Gasteiger partial charge in [0.1, 0.15) is 11.6 Å². The second kappa shape index (κ2) is 7.79. The number of nitrogens with one attached hydrogen (secondary N) is 1. The van der Waals surface area contributed by atoms with Gasteiger partial charge in [0.05, 0.1) is 22.0 Å². The SMILES string of the molecule is CCc1[nH]n2c(=O)c3ccc(-c4ccc(C(F)(F)F)cc4)cc3nc2c1-c1ccc(F)cc1F. The van der Waals surface area contributed by atoms with Crippen LogP contribution in [0.25, 0.3) is 38.8 Å². The number of hydrogen-bond donors (Lipinski definition) is 1. The van der Waals surface area contributed by atoms with Crippen molar-refractivity contribution in [2.45, 2.75) is 19.5 Å². The summed E-state index contributed by atoms with van der Waals surface area (Å²) in [6.07, 6.45) is -4.01. The number of halogens is 5. The third-order valence-electron chi connectivity index (χ3n) is 5.74. The maximum Gasteiger partial charge on any atom is 0.416 e. The molecule has 34 heavy (non-hydrogen) atoms. The molecule has 2 heterocycles. The summed E-state index contributed by atoms with van der Waals surface area (Å²) in [4.78, 5) is 17.7. The van der Waals surface area contributed by atoms with E-state index in [-0.39, 0.29) is 16.6 Å². The van der Waals surface area contributed by atoms with Gasteiger partial charge in [-0.25, -0.2) is 18.3 Å². The van der Waals surface area contributed by atoms with Crippen molar-refractivity contribution in [3.63, 3.8) is 0 Å². The molecule has 0 bridgehead atoms. The molecule has 0 spiro atoms. The highest BCUT2D eigenvalue weighted by molar-refractivity contribution is 5.89. The molecule has 9 heteroatoms. The molecule has 2 aromatic heterocycles. The van der Waals surface area contributed by atoms with Crippen molar-refractivity contribution in [2.75, 3.05) is 0 Å². The van der Waals surface area contributed by atoms with Crippen LogP contribution in [0, 0.1) is 11.6 Å². The molecule has 3 aromatic carbocycles. The van der Waals surface area contributed by atoms with Crippen LogP contribution in [-0.4, -0.2) is 14.6 Å². The molecule has 5 rings (SSSR count). The van der Waals surface area contributed by atoms with E-state index >= 15 is 0 Å². The molecule has 172 valence electrons. The summed E-state index contributed by atoms with van der Waals surface area (Å²) in [6.45, 7) is 1.82. The largest absolute Gasteiger partial charge is 0.416 e. The maximum atomic E-state index is 14.6. The van der Waals surface area contributed by atoms with Crippen LogP contribution in [0.5, 0.6) is 0 Å². The lowest BCUT2D eigenvalue weighted by Crippen LogP contribution is -2.15. The smallest absolute Gasteiger partial charge is 0.293 e. The van der Waals surface area contributed by atoms with Crippen molar-refractivity contribution in [3.05, 3.63) is 93.9 Å². The van der Waals surface area contributed by atoms with Crippen molar-refractivity contribution in [1.29, 1.82) is 0 Å². The van der Waals surface area contributed by atoms with E-state index in [9.17, 15) is 26.7 Å². The Labute approximate surface area is 189 Å². The van der Waals surface area contributed by atoms with Gasteiger partial charge in [0.2, 0.25) is 0 Å². The quantitative estimate of drug-likeness (QED) is 0.312. The highest BCUT2D eigenvalue weighted by atomic mass is 19.4. The zero-order valence-corrected chi connectivity index (χ0v) is 17.7. The van der Waals surface area contributed by atoms with E-state index < -0.39 is 28.9 Å². The first-order chi connectivity index (χ1) is 16.2. The lowest BCUT2D eigenvalue weighted by atomic mass is 10.0. The average molecular weight is 469 g/mol. The van der Waals surface area contributed by atoms with E-state index in [0.717, 1.165) is 24.3 Å². The molecule has 0 aliphatic rings. The number of fused-ring (bicyclic) bond motifs is 2. The molecule has 0 unspecified atom stereocenters. The van der Waals surface area contributed by atoms with Gasteiger partial charge in [0.15, 0.2) is 5.65 Å². The van der Waals surface area contributed by atoms with Crippen molar-refractivity contribution >= 4 is 16.6 Å². The number of aryl methyl sites for hydroxylation is 1. The monoisotopic (exact) mass is 469 g/mol. The van der Waals surface area contributed by atoms with E-state index in [4.69, 9.17) is 0 Å². The summed E-state index contributed by atoms with van der Waals surface area (Å²) in [7, 11) is 0. The summed E-state index contributed by atoms with van der Waals surface area (Å²) in [5.74, 6) is -1.51. The maximum absolute atomic E-state index is 14.6. The number of aromatic nitrogens is 3. The Balaban J connectivity index is 1.72. The van der Waals surface area contributed by atoms with E-state index in [1.807, 2.05) is 6.92 Å². The zero-order chi connectivity index (χ0) is 24.2. The van der Waals surface area contributed by atoms with Crippen LogP contribution in [-0.2, 0) is 12.6 Å². The lowest BCUT2D eigenvalue weighted by Gasteiger charge is -2.09. The standard InChI is InChI=1S/C25H16F5N3O/c1-2-20-22(17-10-8-16(26)12-19(17)27)23-31-21-11-14(5-9-18(21)24(34)33(23)32-20)13-3-6-15(7-4-13)25(28,29)30/h3-12,32H,2H2,1H3.